The van der Waals surface area contributed by atoms with Crippen LogP contribution in [-0.2, 0) is 0 Å². The minimum absolute atomic E-state index is 0.448. The van der Waals surface area contributed by atoms with Crippen molar-refractivity contribution in [1.82, 2.24) is 14.4 Å². The van der Waals surface area contributed by atoms with Crippen LogP contribution in [0, 0.1) is 25.2 Å². The van der Waals surface area contributed by atoms with Gasteiger partial charge in [-0.25, -0.2) is 9.97 Å². The van der Waals surface area contributed by atoms with Crippen molar-refractivity contribution < 1.29 is 4.74 Å². The molecular weight excluding hydrogens is 408 g/mol. The maximum atomic E-state index is 9.21. The van der Waals surface area contributed by atoms with E-state index in [0.29, 0.717) is 17.1 Å². The summed E-state index contributed by atoms with van der Waals surface area (Å²) in [5.41, 5.74) is 9.12. The lowest BCUT2D eigenvalue weighted by Gasteiger charge is -2.14. The van der Waals surface area contributed by atoms with Crippen molar-refractivity contribution >= 4 is 5.65 Å². The van der Waals surface area contributed by atoms with E-state index in [1.165, 1.54) is 11.1 Å². The first-order valence-electron chi connectivity index (χ1n) is 10.7. The molecule has 0 radical (unpaired) electrons. The first kappa shape index (κ1) is 20.5. The fourth-order valence-corrected chi connectivity index (χ4v) is 3.91. The van der Waals surface area contributed by atoms with Crippen molar-refractivity contribution in [1.29, 1.82) is 5.26 Å². The van der Waals surface area contributed by atoms with Gasteiger partial charge in [0.2, 0.25) is 5.65 Å². The summed E-state index contributed by atoms with van der Waals surface area (Å²) in [6.45, 7) is 4.14. The van der Waals surface area contributed by atoms with Gasteiger partial charge >= 0.3 is 0 Å². The molecule has 2 heterocycles. The number of nitriles is 1. The molecule has 0 unspecified atom stereocenters. The zero-order valence-electron chi connectivity index (χ0n) is 18.7. The fraction of sp³-hybridized carbons (Fsp3) is 0.107. The van der Waals surface area contributed by atoms with Gasteiger partial charge in [0.1, 0.15) is 0 Å². The molecule has 0 atom stereocenters. The van der Waals surface area contributed by atoms with Gasteiger partial charge < -0.3 is 4.74 Å². The summed E-state index contributed by atoms with van der Waals surface area (Å²) in [6.07, 6.45) is 2.03. The highest BCUT2D eigenvalue weighted by molar-refractivity contribution is 5.83. The largest absolute Gasteiger partial charge is 0.478 e. The molecule has 0 aliphatic rings. The van der Waals surface area contributed by atoms with Crippen molar-refractivity contribution in [2.75, 3.05) is 7.11 Å². The first-order chi connectivity index (χ1) is 16.1. The van der Waals surface area contributed by atoms with Crippen LogP contribution in [0.1, 0.15) is 16.7 Å². The molecule has 0 aliphatic heterocycles. The van der Waals surface area contributed by atoms with E-state index in [2.05, 4.69) is 72.8 Å². The maximum absolute atomic E-state index is 9.21. The van der Waals surface area contributed by atoms with Gasteiger partial charge in [-0.1, -0.05) is 71.8 Å². The van der Waals surface area contributed by atoms with Gasteiger partial charge in [0, 0.05) is 22.9 Å². The normalized spacial score (nSPS) is 10.8. The van der Waals surface area contributed by atoms with Gasteiger partial charge in [-0.15, -0.1) is 0 Å². The molecule has 0 aliphatic carbocycles. The molecule has 0 spiro atoms. The lowest BCUT2D eigenvalue weighted by Crippen LogP contribution is -2.02. The molecule has 0 N–H and O–H groups in total. The Morgan fingerprint density at radius 2 is 1.33 bits per heavy atom. The van der Waals surface area contributed by atoms with Crippen LogP contribution in [0.15, 0.2) is 79.0 Å². The summed E-state index contributed by atoms with van der Waals surface area (Å²) < 4.78 is 7.72. The van der Waals surface area contributed by atoms with Crippen molar-refractivity contribution in [3.8, 4) is 45.7 Å². The van der Waals surface area contributed by atoms with E-state index in [1.54, 1.807) is 19.2 Å². The third-order valence-corrected chi connectivity index (χ3v) is 5.73. The minimum Gasteiger partial charge on any atom is -0.478 e. The molecule has 0 saturated carbocycles. The van der Waals surface area contributed by atoms with E-state index in [4.69, 9.17) is 14.7 Å². The summed E-state index contributed by atoms with van der Waals surface area (Å²) >= 11 is 0. The van der Waals surface area contributed by atoms with E-state index < -0.39 is 0 Å². The summed E-state index contributed by atoms with van der Waals surface area (Å²) in [5, 5.41) is 9.21. The third kappa shape index (κ3) is 3.72. The molecule has 5 nitrogen and oxygen atoms in total. The van der Waals surface area contributed by atoms with Crippen LogP contribution in [0.5, 0.6) is 5.88 Å². The lowest BCUT2D eigenvalue weighted by atomic mass is 10.0. The SMILES string of the molecule is COc1nc(-c2ccc(C#N)cc2)c(-c2ccc(C)cc2)n2cc(-c3ccc(C)cc3)nc12. The van der Waals surface area contributed by atoms with Gasteiger partial charge in [0.05, 0.1) is 35.8 Å². The van der Waals surface area contributed by atoms with Gasteiger partial charge in [-0.2, -0.15) is 5.26 Å². The number of rotatable bonds is 4. The Morgan fingerprint density at radius 3 is 1.91 bits per heavy atom. The average molecular weight is 431 g/mol. The molecule has 33 heavy (non-hydrogen) atoms. The zero-order chi connectivity index (χ0) is 22.9. The summed E-state index contributed by atoms with van der Waals surface area (Å²) in [6, 6.07) is 26.3. The highest BCUT2D eigenvalue weighted by atomic mass is 16.5. The number of hydrogen-bond acceptors (Lipinski definition) is 4. The van der Waals surface area contributed by atoms with Crippen molar-refractivity contribution in [2.45, 2.75) is 13.8 Å². The number of nitrogens with zero attached hydrogens (tertiary/aromatic N) is 4. The zero-order valence-corrected chi connectivity index (χ0v) is 18.7. The van der Waals surface area contributed by atoms with E-state index in [-0.39, 0.29) is 0 Å². The number of hydrogen-bond donors (Lipinski definition) is 0. The molecule has 5 heteroatoms. The van der Waals surface area contributed by atoms with Crippen molar-refractivity contribution in [3.05, 3.63) is 95.7 Å². The molecular formula is C28H22N4O. The summed E-state index contributed by atoms with van der Waals surface area (Å²) in [7, 11) is 1.61. The number of aryl methyl sites for hydroxylation is 2. The molecule has 3 aromatic carbocycles. The van der Waals surface area contributed by atoms with E-state index in [9.17, 15) is 5.26 Å². The average Bonchev–Trinajstić information content (AvgIpc) is 3.29. The molecule has 5 aromatic rings. The topological polar surface area (TPSA) is 63.2 Å². The Balaban J connectivity index is 1.82. The Bertz CT molecular complexity index is 1490. The Labute approximate surface area is 192 Å². The molecule has 160 valence electrons. The molecule has 0 bridgehead atoms. The van der Waals surface area contributed by atoms with Gasteiger partial charge in [-0.05, 0) is 26.0 Å². The smallest absolute Gasteiger partial charge is 0.258 e. The Morgan fingerprint density at radius 1 is 0.758 bits per heavy atom. The second-order valence-electron chi connectivity index (χ2n) is 8.06. The number of fused-ring (bicyclic) bond motifs is 1. The molecule has 0 amide bonds. The second kappa shape index (κ2) is 8.25. The predicted molar refractivity (Wildman–Crippen MR) is 130 cm³/mol. The van der Waals surface area contributed by atoms with Gasteiger partial charge in [-0.3, -0.25) is 4.40 Å². The number of benzene rings is 3. The first-order valence-corrected chi connectivity index (χ1v) is 10.7. The van der Waals surface area contributed by atoms with Crippen LogP contribution in [0.3, 0.4) is 0 Å². The minimum atomic E-state index is 0.448. The lowest BCUT2D eigenvalue weighted by molar-refractivity contribution is 0.401. The Kier molecular flexibility index (Phi) is 5.12. The highest BCUT2D eigenvalue weighted by Gasteiger charge is 2.20. The van der Waals surface area contributed by atoms with Crippen LogP contribution >= 0.6 is 0 Å². The number of ether oxygens (including phenoxy) is 1. The predicted octanol–water partition coefficient (Wildman–Crippen LogP) is 6.23. The fourth-order valence-electron chi connectivity index (χ4n) is 3.91. The van der Waals surface area contributed by atoms with Gasteiger partial charge in [0.15, 0.2) is 0 Å². The summed E-state index contributed by atoms with van der Waals surface area (Å²) in [5.74, 6) is 0.448. The quantitative estimate of drug-likeness (QED) is 0.339. The van der Waals surface area contributed by atoms with Crippen LogP contribution in [0.25, 0.3) is 39.4 Å². The summed E-state index contributed by atoms with van der Waals surface area (Å²) in [4.78, 5) is 9.76. The van der Waals surface area contributed by atoms with Gasteiger partial charge in [0.25, 0.3) is 5.88 Å². The van der Waals surface area contributed by atoms with Crippen LogP contribution in [0.2, 0.25) is 0 Å². The Hall–Kier alpha value is -4.43. The third-order valence-electron chi connectivity index (χ3n) is 5.73. The number of methoxy groups -OCH3 is 1. The number of imidazole rings is 1. The van der Waals surface area contributed by atoms with E-state index in [1.807, 2.05) is 18.3 Å². The van der Waals surface area contributed by atoms with E-state index >= 15 is 0 Å². The standard InChI is InChI=1S/C28H22N4O/c1-18-4-10-21(11-5-18)24-17-32-26(23-12-6-19(2)7-13-23)25(31-28(33-3)27(32)30-24)22-14-8-20(16-29)9-15-22/h4-15,17H,1-3H3. The molecule has 0 fully saturated rings. The highest BCUT2D eigenvalue weighted by Crippen LogP contribution is 2.36. The van der Waals surface area contributed by atoms with Crippen LogP contribution in [-0.4, -0.2) is 21.5 Å². The molecule has 5 rings (SSSR count). The van der Waals surface area contributed by atoms with Crippen molar-refractivity contribution in [2.24, 2.45) is 0 Å². The van der Waals surface area contributed by atoms with Crippen LogP contribution in [0.4, 0.5) is 0 Å². The molecule has 2 aromatic heterocycles. The van der Waals surface area contributed by atoms with Crippen LogP contribution < -0.4 is 4.74 Å². The number of aromatic nitrogens is 3. The van der Waals surface area contributed by atoms with Crippen molar-refractivity contribution in [3.63, 3.8) is 0 Å². The van der Waals surface area contributed by atoms with E-state index in [0.717, 1.165) is 33.8 Å². The molecule has 0 saturated heterocycles. The monoisotopic (exact) mass is 430 g/mol. The maximum Gasteiger partial charge on any atom is 0.258 e. The second-order valence-corrected chi connectivity index (χ2v) is 8.06.